The van der Waals surface area contributed by atoms with Crippen LogP contribution in [0.4, 0.5) is 14.5 Å². The molecule has 0 radical (unpaired) electrons. The summed E-state index contributed by atoms with van der Waals surface area (Å²) in [4.78, 5) is 14.2. The molecule has 1 aromatic rings. The van der Waals surface area contributed by atoms with Gasteiger partial charge in [-0.05, 0) is 45.0 Å². The van der Waals surface area contributed by atoms with Crippen LogP contribution in [0.3, 0.4) is 0 Å². The van der Waals surface area contributed by atoms with Crippen molar-refractivity contribution in [3.63, 3.8) is 0 Å². The Morgan fingerprint density at radius 3 is 2.25 bits per heavy atom. The number of carbonyl (C=O) groups is 1. The zero-order valence-corrected chi connectivity index (χ0v) is 11.7. The summed E-state index contributed by atoms with van der Waals surface area (Å²) >= 11 is 0. The number of amides is 1. The van der Waals surface area contributed by atoms with Gasteiger partial charge in [0, 0.05) is 0 Å². The molecular weight excluding hydrogens is 262 g/mol. The van der Waals surface area contributed by atoms with Gasteiger partial charge in [0.2, 0.25) is 5.91 Å². The second kappa shape index (κ2) is 6.79. The summed E-state index contributed by atoms with van der Waals surface area (Å²) in [5.41, 5.74) is -0.362. The fraction of sp³-hybridized carbons (Fsp3) is 0.533. The van der Waals surface area contributed by atoms with Crippen LogP contribution in [0.15, 0.2) is 18.2 Å². The Bertz CT molecular complexity index is 451. The standard InChI is InChI=1S/C15H20F2N2O/c1-11(19-9-4-2-3-5-10-19)15(20)18-14-12(16)7-6-8-13(14)17/h6-8,11H,2-5,9-10H2,1H3,(H,18,20)/t11-/m1/s1. The Labute approximate surface area is 118 Å². The molecule has 1 aliphatic heterocycles. The van der Waals surface area contributed by atoms with Crippen LogP contribution in [-0.4, -0.2) is 29.9 Å². The Kier molecular flexibility index (Phi) is 5.06. The van der Waals surface area contributed by atoms with Crippen molar-refractivity contribution >= 4 is 11.6 Å². The Morgan fingerprint density at radius 1 is 1.15 bits per heavy atom. The minimum atomic E-state index is -0.749. The smallest absolute Gasteiger partial charge is 0.241 e. The summed E-state index contributed by atoms with van der Waals surface area (Å²) in [5, 5.41) is 2.37. The van der Waals surface area contributed by atoms with E-state index in [0.717, 1.165) is 38.1 Å². The lowest BCUT2D eigenvalue weighted by Gasteiger charge is -2.26. The van der Waals surface area contributed by atoms with Gasteiger partial charge >= 0.3 is 0 Å². The number of para-hydroxylation sites is 1. The van der Waals surface area contributed by atoms with Crippen molar-refractivity contribution in [2.24, 2.45) is 0 Å². The van der Waals surface area contributed by atoms with Crippen LogP contribution in [0.1, 0.15) is 32.6 Å². The molecule has 0 bridgehead atoms. The van der Waals surface area contributed by atoms with Crippen molar-refractivity contribution in [2.45, 2.75) is 38.6 Å². The number of anilines is 1. The van der Waals surface area contributed by atoms with Crippen LogP contribution in [0.2, 0.25) is 0 Å². The largest absolute Gasteiger partial charge is 0.320 e. The van der Waals surface area contributed by atoms with E-state index in [9.17, 15) is 13.6 Å². The molecule has 3 nitrogen and oxygen atoms in total. The second-order valence-electron chi connectivity index (χ2n) is 5.21. The van der Waals surface area contributed by atoms with E-state index >= 15 is 0 Å². The predicted octanol–water partition coefficient (Wildman–Crippen LogP) is 3.17. The zero-order valence-electron chi connectivity index (χ0n) is 11.7. The molecule has 1 saturated heterocycles. The molecule has 2 rings (SSSR count). The fourth-order valence-electron chi connectivity index (χ4n) is 2.49. The Morgan fingerprint density at radius 2 is 1.70 bits per heavy atom. The molecule has 110 valence electrons. The van der Waals surface area contributed by atoms with Crippen LogP contribution in [-0.2, 0) is 4.79 Å². The van der Waals surface area contributed by atoms with Crippen LogP contribution >= 0.6 is 0 Å². The quantitative estimate of drug-likeness (QED) is 0.923. The highest BCUT2D eigenvalue weighted by atomic mass is 19.1. The topological polar surface area (TPSA) is 32.3 Å². The molecule has 1 N–H and O–H groups in total. The minimum absolute atomic E-state index is 0.362. The minimum Gasteiger partial charge on any atom is -0.320 e. The maximum absolute atomic E-state index is 13.5. The first-order chi connectivity index (χ1) is 9.59. The molecule has 0 aromatic heterocycles. The molecule has 5 heteroatoms. The number of hydrogen-bond acceptors (Lipinski definition) is 2. The number of nitrogens with zero attached hydrogens (tertiary/aromatic N) is 1. The molecule has 1 aliphatic rings. The number of hydrogen-bond donors (Lipinski definition) is 1. The molecule has 1 heterocycles. The third-order valence-electron chi connectivity index (χ3n) is 3.78. The van der Waals surface area contributed by atoms with E-state index in [1.165, 1.54) is 18.9 Å². The number of nitrogens with one attached hydrogen (secondary N) is 1. The predicted molar refractivity (Wildman–Crippen MR) is 74.5 cm³/mol. The van der Waals surface area contributed by atoms with E-state index in [1.807, 2.05) is 0 Å². The number of rotatable bonds is 3. The summed E-state index contributed by atoms with van der Waals surface area (Å²) in [6.07, 6.45) is 4.47. The second-order valence-corrected chi connectivity index (χ2v) is 5.21. The molecule has 0 unspecified atom stereocenters. The molecule has 0 aliphatic carbocycles. The summed E-state index contributed by atoms with van der Waals surface area (Å²) in [6.45, 7) is 3.49. The van der Waals surface area contributed by atoms with Crippen molar-refractivity contribution in [3.8, 4) is 0 Å². The van der Waals surface area contributed by atoms with E-state index in [-0.39, 0.29) is 17.6 Å². The zero-order chi connectivity index (χ0) is 14.5. The SMILES string of the molecule is C[C@H](C(=O)Nc1c(F)cccc1F)N1CCCCCC1. The Hall–Kier alpha value is -1.49. The molecule has 1 fully saturated rings. The normalized spacial score (nSPS) is 18.4. The highest BCUT2D eigenvalue weighted by Gasteiger charge is 2.23. The molecule has 1 amide bonds. The average Bonchev–Trinajstić information content (AvgIpc) is 2.71. The van der Waals surface area contributed by atoms with Crippen LogP contribution in [0, 0.1) is 11.6 Å². The van der Waals surface area contributed by atoms with Gasteiger partial charge in [-0.15, -0.1) is 0 Å². The van der Waals surface area contributed by atoms with Crippen LogP contribution in [0.25, 0.3) is 0 Å². The van der Waals surface area contributed by atoms with Gasteiger partial charge in [-0.1, -0.05) is 18.9 Å². The monoisotopic (exact) mass is 282 g/mol. The van der Waals surface area contributed by atoms with E-state index < -0.39 is 11.6 Å². The van der Waals surface area contributed by atoms with E-state index in [0.29, 0.717) is 0 Å². The van der Waals surface area contributed by atoms with Crippen molar-refractivity contribution in [2.75, 3.05) is 18.4 Å². The summed E-state index contributed by atoms with van der Waals surface area (Å²) in [7, 11) is 0. The van der Waals surface area contributed by atoms with Gasteiger partial charge in [-0.3, -0.25) is 9.69 Å². The molecule has 0 saturated carbocycles. The van der Waals surface area contributed by atoms with Gasteiger partial charge in [-0.2, -0.15) is 0 Å². The van der Waals surface area contributed by atoms with Crippen LogP contribution < -0.4 is 5.32 Å². The van der Waals surface area contributed by atoms with Crippen LogP contribution in [0.5, 0.6) is 0 Å². The highest BCUT2D eigenvalue weighted by Crippen LogP contribution is 2.19. The van der Waals surface area contributed by atoms with Gasteiger partial charge in [0.25, 0.3) is 0 Å². The lowest BCUT2D eigenvalue weighted by Crippen LogP contribution is -2.42. The van der Waals surface area contributed by atoms with Crippen molar-refractivity contribution in [3.05, 3.63) is 29.8 Å². The van der Waals surface area contributed by atoms with Gasteiger partial charge < -0.3 is 5.32 Å². The van der Waals surface area contributed by atoms with Crippen molar-refractivity contribution in [1.82, 2.24) is 4.90 Å². The van der Waals surface area contributed by atoms with Gasteiger partial charge in [-0.25, -0.2) is 8.78 Å². The molecule has 20 heavy (non-hydrogen) atoms. The van der Waals surface area contributed by atoms with E-state index in [1.54, 1.807) is 6.92 Å². The molecule has 0 spiro atoms. The number of benzene rings is 1. The summed E-state index contributed by atoms with van der Waals surface area (Å²) in [5.74, 6) is -1.86. The first kappa shape index (κ1) is 14.9. The third-order valence-corrected chi connectivity index (χ3v) is 3.78. The van der Waals surface area contributed by atoms with Gasteiger partial charge in [0.05, 0.1) is 6.04 Å². The number of halogens is 2. The highest BCUT2D eigenvalue weighted by molar-refractivity contribution is 5.94. The fourth-order valence-corrected chi connectivity index (χ4v) is 2.49. The van der Waals surface area contributed by atoms with E-state index in [2.05, 4.69) is 10.2 Å². The molecule has 1 atom stereocenters. The first-order valence-corrected chi connectivity index (χ1v) is 7.08. The average molecular weight is 282 g/mol. The Balaban J connectivity index is 2.03. The maximum atomic E-state index is 13.5. The molecular formula is C15H20F2N2O. The van der Waals surface area contributed by atoms with E-state index in [4.69, 9.17) is 0 Å². The number of carbonyl (C=O) groups excluding carboxylic acids is 1. The summed E-state index contributed by atoms with van der Waals surface area (Å²) in [6, 6.07) is 3.16. The maximum Gasteiger partial charge on any atom is 0.241 e. The first-order valence-electron chi connectivity index (χ1n) is 7.08. The lowest BCUT2D eigenvalue weighted by molar-refractivity contribution is -0.120. The summed E-state index contributed by atoms with van der Waals surface area (Å²) < 4.78 is 27.0. The lowest BCUT2D eigenvalue weighted by atomic mass is 10.2. The number of likely N-dealkylation sites (tertiary alicyclic amines) is 1. The van der Waals surface area contributed by atoms with Crippen molar-refractivity contribution < 1.29 is 13.6 Å². The van der Waals surface area contributed by atoms with Gasteiger partial charge in [0.15, 0.2) is 0 Å². The molecule has 1 aromatic carbocycles. The third kappa shape index (κ3) is 3.54. The van der Waals surface area contributed by atoms with Gasteiger partial charge in [0.1, 0.15) is 17.3 Å². The van der Waals surface area contributed by atoms with Crippen molar-refractivity contribution in [1.29, 1.82) is 0 Å².